The Bertz CT molecular complexity index is 487. The number of benzene rings is 1. The molecule has 0 radical (unpaired) electrons. The number of amides is 1. The van der Waals surface area contributed by atoms with Crippen molar-refractivity contribution in [3.05, 3.63) is 28.2 Å². The van der Waals surface area contributed by atoms with Crippen molar-refractivity contribution in [1.29, 1.82) is 0 Å². The smallest absolute Gasteiger partial charge is 0.238 e. The number of morpholine rings is 1. The van der Waals surface area contributed by atoms with Crippen LogP contribution in [0.25, 0.3) is 0 Å². The monoisotopic (exact) mass is 377 g/mol. The molecule has 1 aliphatic heterocycles. The van der Waals surface area contributed by atoms with E-state index >= 15 is 0 Å². The van der Waals surface area contributed by atoms with Crippen LogP contribution in [0, 0.1) is 6.92 Å². The van der Waals surface area contributed by atoms with Crippen LogP contribution in [-0.4, -0.2) is 49.7 Å². The molecule has 1 aromatic rings. The molecule has 1 aromatic carbocycles. The normalized spacial score (nSPS) is 18.9. The van der Waals surface area contributed by atoms with E-state index in [1.807, 2.05) is 25.1 Å². The van der Waals surface area contributed by atoms with E-state index in [9.17, 15) is 4.79 Å². The van der Waals surface area contributed by atoms with E-state index in [4.69, 9.17) is 10.5 Å². The van der Waals surface area contributed by atoms with Crippen LogP contribution in [0.3, 0.4) is 0 Å². The molecule has 0 aromatic heterocycles. The zero-order chi connectivity index (χ0) is 14.5. The van der Waals surface area contributed by atoms with Crippen LogP contribution in [-0.2, 0) is 9.53 Å². The third-order valence-corrected chi connectivity index (χ3v) is 3.81. The minimum absolute atomic E-state index is 0. The fraction of sp³-hybridized carbons (Fsp3) is 0.500. The summed E-state index contributed by atoms with van der Waals surface area (Å²) in [7, 11) is 0. The maximum absolute atomic E-state index is 12.1. The number of aryl methyl sites for hydroxylation is 1. The second kappa shape index (κ2) is 8.70. The Morgan fingerprint density at radius 2 is 2.33 bits per heavy atom. The molecule has 0 aliphatic carbocycles. The first-order valence-corrected chi connectivity index (χ1v) is 7.48. The summed E-state index contributed by atoms with van der Waals surface area (Å²) in [6, 6.07) is 5.80. The summed E-state index contributed by atoms with van der Waals surface area (Å²) in [5, 5.41) is 2.94. The summed E-state index contributed by atoms with van der Waals surface area (Å²) in [4.78, 5) is 14.2. The Morgan fingerprint density at radius 1 is 1.57 bits per heavy atom. The van der Waals surface area contributed by atoms with Gasteiger partial charge in [-0.2, -0.15) is 0 Å². The van der Waals surface area contributed by atoms with Crippen molar-refractivity contribution in [3.63, 3.8) is 0 Å². The van der Waals surface area contributed by atoms with Gasteiger partial charge in [0.1, 0.15) is 0 Å². The van der Waals surface area contributed by atoms with E-state index in [1.165, 1.54) is 0 Å². The number of nitrogens with one attached hydrogen (secondary N) is 1. The van der Waals surface area contributed by atoms with E-state index in [-0.39, 0.29) is 24.4 Å². The van der Waals surface area contributed by atoms with E-state index in [0.717, 1.165) is 22.3 Å². The second-order valence-corrected chi connectivity index (χ2v) is 5.89. The van der Waals surface area contributed by atoms with Crippen molar-refractivity contribution in [3.8, 4) is 0 Å². The highest BCUT2D eigenvalue weighted by Crippen LogP contribution is 2.20. The molecular weight excluding hydrogens is 358 g/mol. The number of hydrogen-bond donors (Lipinski definition) is 2. The lowest BCUT2D eigenvalue weighted by atomic mass is 10.2. The molecule has 5 nitrogen and oxygen atoms in total. The number of anilines is 1. The first-order chi connectivity index (χ1) is 9.58. The van der Waals surface area contributed by atoms with Crippen molar-refractivity contribution in [2.75, 3.05) is 38.1 Å². The fourth-order valence-corrected chi connectivity index (χ4v) is 2.70. The first kappa shape index (κ1) is 18.4. The van der Waals surface area contributed by atoms with E-state index in [2.05, 4.69) is 26.1 Å². The highest BCUT2D eigenvalue weighted by atomic mass is 79.9. The fourth-order valence-electron chi connectivity index (χ4n) is 2.23. The van der Waals surface area contributed by atoms with Gasteiger partial charge in [-0.3, -0.25) is 9.69 Å². The van der Waals surface area contributed by atoms with Gasteiger partial charge in [0, 0.05) is 29.8 Å². The largest absolute Gasteiger partial charge is 0.374 e. The third-order valence-electron chi connectivity index (χ3n) is 3.32. The number of rotatable bonds is 4. The summed E-state index contributed by atoms with van der Waals surface area (Å²) < 4.78 is 6.49. The zero-order valence-corrected chi connectivity index (χ0v) is 14.4. The van der Waals surface area contributed by atoms with Crippen LogP contribution in [0.1, 0.15) is 5.56 Å². The molecule has 1 aliphatic rings. The van der Waals surface area contributed by atoms with Crippen molar-refractivity contribution in [2.45, 2.75) is 13.0 Å². The van der Waals surface area contributed by atoms with E-state index < -0.39 is 0 Å². The van der Waals surface area contributed by atoms with Gasteiger partial charge in [0.15, 0.2) is 0 Å². The Morgan fingerprint density at radius 3 is 3.00 bits per heavy atom. The van der Waals surface area contributed by atoms with Gasteiger partial charge >= 0.3 is 0 Å². The van der Waals surface area contributed by atoms with Gasteiger partial charge in [0.2, 0.25) is 5.91 Å². The molecule has 118 valence electrons. The van der Waals surface area contributed by atoms with Gasteiger partial charge in [-0.25, -0.2) is 0 Å². The number of halogens is 2. The van der Waals surface area contributed by atoms with E-state index in [0.29, 0.717) is 26.2 Å². The van der Waals surface area contributed by atoms with Crippen LogP contribution >= 0.6 is 28.3 Å². The SMILES string of the molecule is Cc1cc(Br)ccc1NC(=O)CN1CCOC(CN)C1.Cl. The number of nitrogens with zero attached hydrogens (tertiary/aromatic N) is 1. The topological polar surface area (TPSA) is 67.6 Å². The predicted molar refractivity (Wildman–Crippen MR) is 90.0 cm³/mol. The Hall–Kier alpha value is -0.660. The number of ether oxygens (including phenoxy) is 1. The van der Waals surface area contributed by atoms with Crippen LogP contribution in [0.5, 0.6) is 0 Å². The van der Waals surface area contributed by atoms with Crippen LogP contribution in [0.15, 0.2) is 22.7 Å². The molecule has 1 unspecified atom stereocenters. The summed E-state index contributed by atoms with van der Waals surface area (Å²) in [5.41, 5.74) is 7.48. The molecular formula is C14H21BrClN3O2. The summed E-state index contributed by atoms with van der Waals surface area (Å²) in [5.74, 6) is -0.00639. The molecule has 1 saturated heterocycles. The summed E-state index contributed by atoms with van der Waals surface area (Å²) >= 11 is 3.41. The maximum Gasteiger partial charge on any atom is 0.238 e. The molecule has 1 atom stereocenters. The Balaban J connectivity index is 0.00000220. The third kappa shape index (κ3) is 5.56. The molecule has 0 saturated carbocycles. The number of hydrogen-bond acceptors (Lipinski definition) is 4. The average molecular weight is 379 g/mol. The molecule has 3 N–H and O–H groups in total. The van der Waals surface area contributed by atoms with Crippen LogP contribution in [0.2, 0.25) is 0 Å². The van der Waals surface area contributed by atoms with Crippen LogP contribution in [0.4, 0.5) is 5.69 Å². The average Bonchev–Trinajstić information content (AvgIpc) is 2.42. The lowest BCUT2D eigenvalue weighted by Gasteiger charge is -2.31. The van der Waals surface area contributed by atoms with Gasteiger partial charge in [-0.15, -0.1) is 12.4 Å². The Labute approximate surface area is 139 Å². The van der Waals surface area contributed by atoms with Gasteiger partial charge in [0.25, 0.3) is 0 Å². The minimum Gasteiger partial charge on any atom is -0.374 e. The molecule has 0 spiro atoms. The molecule has 0 bridgehead atoms. The van der Waals surface area contributed by atoms with Crippen molar-refractivity contribution >= 4 is 39.9 Å². The molecule has 2 rings (SSSR count). The van der Waals surface area contributed by atoms with E-state index in [1.54, 1.807) is 0 Å². The summed E-state index contributed by atoms with van der Waals surface area (Å²) in [6.45, 7) is 4.94. The Kier molecular flexibility index (Phi) is 7.62. The van der Waals surface area contributed by atoms with Crippen molar-refractivity contribution in [1.82, 2.24) is 4.90 Å². The zero-order valence-electron chi connectivity index (χ0n) is 12.0. The lowest BCUT2D eigenvalue weighted by Crippen LogP contribution is -2.48. The number of carbonyl (C=O) groups is 1. The van der Waals surface area contributed by atoms with Gasteiger partial charge in [0.05, 0.1) is 19.3 Å². The van der Waals surface area contributed by atoms with Gasteiger partial charge < -0.3 is 15.8 Å². The van der Waals surface area contributed by atoms with Crippen molar-refractivity contribution < 1.29 is 9.53 Å². The van der Waals surface area contributed by atoms with Gasteiger partial charge in [-0.1, -0.05) is 15.9 Å². The quantitative estimate of drug-likeness (QED) is 0.838. The molecule has 7 heteroatoms. The van der Waals surface area contributed by atoms with Crippen LogP contribution < -0.4 is 11.1 Å². The standard InChI is InChI=1S/C14H20BrN3O2.ClH/c1-10-6-11(15)2-3-13(10)17-14(19)9-18-4-5-20-12(7-16)8-18;/h2-3,6,12H,4-5,7-9,16H2,1H3,(H,17,19);1H. The van der Waals surface area contributed by atoms with Crippen molar-refractivity contribution in [2.24, 2.45) is 5.73 Å². The predicted octanol–water partition coefficient (Wildman–Crippen LogP) is 1.78. The highest BCUT2D eigenvalue weighted by molar-refractivity contribution is 9.10. The number of nitrogens with two attached hydrogens (primary N) is 1. The maximum atomic E-state index is 12.1. The molecule has 1 fully saturated rings. The highest BCUT2D eigenvalue weighted by Gasteiger charge is 2.21. The molecule has 1 amide bonds. The van der Waals surface area contributed by atoms with Gasteiger partial charge in [-0.05, 0) is 30.7 Å². The second-order valence-electron chi connectivity index (χ2n) is 4.97. The lowest BCUT2D eigenvalue weighted by molar-refractivity contribution is -0.119. The molecule has 21 heavy (non-hydrogen) atoms. The molecule has 1 heterocycles. The number of carbonyl (C=O) groups excluding carboxylic acids is 1. The minimum atomic E-state index is -0.00639. The summed E-state index contributed by atoms with van der Waals surface area (Å²) in [6.07, 6.45) is 0.0333. The first-order valence-electron chi connectivity index (χ1n) is 6.68.